The van der Waals surface area contributed by atoms with Gasteiger partial charge in [-0.15, -0.1) is 0 Å². The molecule has 4 nitrogen and oxygen atoms in total. The van der Waals surface area contributed by atoms with Gasteiger partial charge >= 0.3 is 6.09 Å². The monoisotopic (exact) mass is 255 g/mol. The number of hydrogen-bond donors (Lipinski definition) is 0. The Hall–Kier alpha value is -1.06. The summed E-state index contributed by atoms with van der Waals surface area (Å²) in [7, 11) is 0. The van der Waals surface area contributed by atoms with Crippen molar-refractivity contribution in [2.75, 3.05) is 13.1 Å². The van der Waals surface area contributed by atoms with Crippen LogP contribution in [0.3, 0.4) is 0 Å². The van der Waals surface area contributed by atoms with Gasteiger partial charge in [0.1, 0.15) is 11.4 Å². The third-order valence-corrected chi connectivity index (χ3v) is 3.30. The number of Topliss-reactive ketones (excluding diaryl/α,β-unsaturated/α-hetero) is 1. The number of amides is 1. The van der Waals surface area contributed by atoms with Gasteiger partial charge in [-0.1, -0.05) is 13.8 Å². The van der Waals surface area contributed by atoms with Crippen LogP contribution in [0.1, 0.15) is 47.5 Å². The maximum Gasteiger partial charge on any atom is 0.410 e. The first-order chi connectivity index (χ1) is 8.23. The lowest BCUT2D eigenvalue weighted by Gasteiger charge is -2.24. The second kappa shape index (κ2) is 5.72. The minimum absolute atomic E-state index is 0.263. The Bertz CT molecular complexity index is 319. The van der Waals surface area contributed by atoms with E-state index < -0.39 is 5.60 Å². The van der Waals surface area contributed by atoms with Crippen molar-refractivity contribution >= 4 is 11.9 Å². The fourth-order valence-electron chi connectivity index (χ4n) is 2.21. The van der Waals surface area contributed by atoms with Gasteiger partial charge in [0.25, 0.3) is 0 Å². The number of ketones is 1. The van der Waals surface area contributed by atoms with Crippen LogP contribution in [0.5, 0.6) is 0 Å². The van der Waals surface area contributed by atoms with Crippen LogP contribution in [-0.4, -0.2) is 35.5 Å². The average Bonchev–Trinajstić information content (AvgIpc) is 2.58. The Kier molecular flexibility index (Phi) is 4.77. The standard InChI is InChI=1S/C14H25NO3/c1-6-12(16)7-11-9-15(8-10(11)2)13(17)18-14(3,4)5/h10-11H,6-9H2,1-5H3/t10-,11-/m1/s1. The molecule has 0 aromatic rings. The molecule has 0 radical (unpaired) electrons. The van der Waals surface area contributed by atoms with Crippen molar-refractivity contribution in [3.8, 4) is 0 Å². The lowest BCUT2D eigenvalue weighted by atomic mass is 9.92. The average molecular weight is 255 g/mol. The maximum absolute atomic E-state index is 11.9. The van der Waals surface area contributed by atoms with Gasteiger partial charge < -0.3 is 9.64 Å². The van der Waals surface area contributed by atoms with E-state index in [1.807, 2.05) is 27.7 Å². The lowest BCUT2D eigenvalue weighted by Crippen LogP contribution is -2.35. The Morgan fingerprint density at radius 1 is 1.28 bits per heavy atom. The minimum Gasteiger partial charge on any atom is -0.444 e. The first kappa shape index (κ1) is 15.0. The van der Waals surface area contributed by atoms with Crippen molar-refractivity contribution in [3.05, 3.63) is 0 Å². The van der Waals surface area contributed by atoms with Crippen LogP contribution >= 0.6 is 0 Å². The molecule has 4 heteroatoms. The van der Waals surface area contributed by atoms with Crippen molar-refractivity contribution in [3.63, 3.8) is 0 Å². The van der Waals surface area contributed by atoms with E-state index in [1.165, 1.54) is 0 Å². The molecule has 1 amide bonds. The summed E-state index contributed by atoms with van der Waals surface area (Å²) < 4.78 is 5.35. The van der Waals surface area contributed by atoms with Crippen molar-refractivity contribution in [1.29, 1.82) is 0 Å². The molecule has 1 rings (SSSR count). The first-order valence-electron chi connectivity index (χ1n) is 6.72. The molecule has 0 spiro atoms. The summed E-state index contributed by atoms with van der Waals surface area (Å²) in [5, 5.41) is 0. The summed E-state index contributed by atoms with van der Waals surface area (Å²) in [5.41, 5.74) is -0.461. The molecule has 0 bridgehead atoms. The summed E-state index contributed by atoms with van der Waals surface area (Å²) in [6.45, 7) is 10.9. The number of likely N-dealkylation sites (tertiary alicyclic amines) is 1. The van der Waals surface area contributed by atoms with Crippen molar-refractivity contribution in [2.24, 2.45) is 11.8 Å². The Labute approximate surface area is 110 Å². The Morgan fingerprint density at radius 2 is 1.89 bits per heavy atom. The molecule has 104 valence electrons. The molecule has 1 aliphatic heterocycles. The number of carbonyl (C=O) groups excluding carboxylic acids is 2. The molecule has 1 fully saturated rings. The van der Waals surface area contributed by atoms with Gasteiger partial charge in [0.15, 0.2) is 0 Å². The predicted molar refractivity (Wildman–Crippen MR) is 70.4 cm³/mol. The van der Waals surface area contributed by atoms with Gasteiger partial charge in [0.2, 0.25) is 0 Å². The molecule has 0 unspecified atom stereocenters. The van der Waals surface area contributed by atoms with Crippen LogP contribution in [-0.2, 0) is 9.53 Å². The zero-order valence-electron chi connectivity index (χ0n) is 12.2. The Morgan fingerprint density at radius 3 is 2.39 bits per heavy atom. The van der Waals surface area contributed by atoms with E-state index in [2.05, 4.69) is 6.92 Å². The molecule has 1 saturated heterocycles. The third kappa shape index (κ3) is 4.31. The number of hydrogen-bond acceptors (Lipinski definition) is 3. The summed E-state index contributed by atoms with van der Waals surface area (Å²) in [5.74, 6) is 0.927. The van der Waals surface area contributed by atoms with E-state index in [0.29, 0.717) is 31.8 Å². The van der Waals surface area contributed by atoms with Gasteiger partial charge in [0, 0.05) is 25.9 Å². The second-order valence-corrected chi connectivity index (χ2v) is 6.22. The van der Waals surface area contributed by atoms with Gasteiger partial charge in [-0.3, -0.25) is 4.79 Å². The van der Waals surface area contributed by atoms with Gasteiger partial charge in [0.05, 0.1) is 0 Å². The molecule has 0 saturated carbocycles. The quantitative estimate of drug-likeness (QED) is 0.779. The van der Waals surface area contributed by atoms with Crippen LogP contribution in [0.25, 0.3) is 0 Å². The predicted octanol–water partition coefficient (Wildman–Crippen LogP) is 2.86. The van der Waals surface area contributed by atoms with Crippen LogP contribution in [0.2, 0.25) is 0 Å². The molecule has 1 aliphatic rings. The molecule has 1 heterocycles. The van der Waals surface area contributed by atoms with Crippen LogP contribution in [0, 0.1) is 11.8 Å². The second-order valence-electron chi connectivity index (χ2n) is 6.22. The van der Waals surface area contributed by atoms with Gasteiger partial charge in [-0.05, 0) is 32.6 Å². The fraction of sp³-hybridized carbons (Fsp3) is 0.857. The zero-order chi connectivity index (χ0) is 13.9. The van der Waals surface area contributed by atoms with Crippen LogP contribution in [0.4, 0.5) is 4.79 Å². The van der Waals surface area contributed by atoms with Crippen LogP contribution in [0.15, 0.2) is 0 Å². The highest BCUT2D eigenvalue weighted by atomic mass is 16.6. The first-order valence-corrected chi connectivity index (χ1v) is 6.72. The summed E-state index contributed by atoms with van der Waals surface area (Å²) in [4.78, 5) is 25.1. The molecule has 2 atom stereocenters. The third-order valence-electron chi connectivity index (χ3n) is 3.30. The molecular formula is C14H25NO3. The minimum atomic E-state index is -0.461. The van der Waals surface area contributed by atoms with E-state index in [4.69, 9.17) is 4.74 Å². The largest absolute Gasteiger partial charge is 0.444 e. The van der Waals surface area contributed by atoms with Gasteiger partial charge in [-0.25, -0.2) is 4.79 Å². The van der Waals surface area contributed by atoms with Crippen molar-refractivity contribution < 1.29 is 14.3 Å². The maximum atomic E-state index is 11.9. The SMILES string of the molecule is CCC(=O)C[C@@H]1CN(C(=O)OC(C)(C)C)C[C@H]1C. The molecule has 0 aromatic carbocycles. The number of nitrogens with zero attached hydrogens (tertiary/aromatic N) is 1. The number of ether oxygens (including phenoxy) is 1. The number of carbonyl (C=O) groups is 2. The van der Waals surface area contributed by atoms with E-state index in [1.54, 1.807) is 4.90 Å². The molecule has 0 aliphatic carbocycles. The fourth-order valence-corrected chi connectivity index (χ4v) is 2.21. The van der Waals surface area contributed by atoms with E-state index in [9.17, 15) is 9.59 Å². The normalized spacial score (nSPS) is 24.2. The molecule has 18 heavy (non-hydrogen) atoms. The van der Waals surface area contributed by atoms with E-state index in [0.717, 1.165) is 0 Å². The van der Waals surface area contributed by atoms with Crippen LogP contribution < -0.4 is 0 Å². The number of rotatable bonds is 3. The van der Waals surface area contributed by atoms with E-state index >= 15 is 0 Å². The highest BCUT2D eigenvalue weighted by Gasteiger charge is 2.35. The lowest BCUT2D eigenvalue weighted by molar-refractivity contribution is -0.119. The molecule has 0 N–H and O–H groups in total. The highest BCUT2D eigenvalue weighted by Crippen LogP contribution is 2.27. The van der Waals surface area contributed by atoms with Crippen molar-refractivity contribution in [2.45, 2.75) is 53.1 Å². The smallest absolute Gasteiger partial charge is 0.410 e. The van der Waals surface area contributed by atoms with Gasteiger partial charge in [-0.2, -0.15) is 0 Å². The summed E-state index contributed by atoms with van der Waals surface area (Å²) in [6, 6.07) is 0. The summed E-state index contributed by atoms with van der Waals surface area (Å²) in [6.07, 6.45) is 0.896. The Balaban J connectivity index is 2.53. The molecular weight excluding hydrogens is 230 g/mol. The summed E-state index contributed by atoms with van der Waals surface area (Å²) >= 11 is 0. The highest BCUT2D eigenvalue weighted by molar-refractivity contribution is 5.78. The topological polar surface area (TPSA) is 46.6 Å². The molecule has 0 aromatic heterocycles. The van der Waals surface area contributed by atoms with Crippen molar-refractivity contribution in [1.82, 2.24) is 4.90 Å². The zero-order valence-corrected chi connectivity index (χ0v) is 12.2. The van der Waals surface area contributed by atoms with E-state index in [-0.39, 0.29) is 17.8 Å².